The number of halogens is 3. The predicted octanol–water partition coefficient (Wildman–Crippen LogP) is 4.26. The summed E-state index contributed by atoms with van der Waals surface area (Å²) < 4.78 is 27.6. The Kier molecular flexibility index (Phi) is 4.55. The maximum Gasteiger partial charge on any atom is 0.126 e. The molecule has 20 heavy (non-hydrogen) atoms. The molecule has 0 saturated carbocycles. The van der Waals surface area contributed by atoms with Crippen LogP contribution in [-0.4, -0.2) is 10.7 Å². The van der Waals surface area contributed by atoms with Crippen LogP contribution in [-0.2, 0) is 12.8 Å². The highest BCUT2D eigenvalue weighted by molar-refractivity contribution is 9.10. The Morgan fingerprint density at radius 2 is 1.80 bits per heavy atom. The van der Waals surface area contributed by atoms with Crippen molar-refractivity contribution < 1.29 is 13.9 Å². The molecule has 2 rings (SSSR count). The first-order valence-corrected chi connectivity index (χ1v) is 7.06. The lowest BCUT2D eigenvalue weighted by molar-refractivity contribution is 0.0598. The molecular formula is C16H15BrF2O. The van der Waals surface area contributed by atoms with Crippen LogP contribution in [0.4, 0.5) is 8.78 Å². The van der Waals surface area contributed by atoms with Crippen LogP contribution < -0.4 is 0 Å². The van der Waals surface area contributed by atoms with Crippen molar-refractivity contribution in [2.45, 2.75) is 25.4 Å². The van der Waals surface area contributed by atoms with Crippen molar-refractivity contribution in [3.8, 4) is 0 Å². The lowest BCUT2D eigenvalue weighted by Gasteiger charge is -2.24. The summed E-state index contributed by atoms with van der Waals surface area (Å²) in [5, 5.41) is 10.4. The van der Waals surface area contributed by atoms with Crippen LogP contribution in [0.15, 0.2) is 46.9 Å². The van der Waals surface area contributed by atoms with Gasteiger partial charge in [0, 0.05) is 17.3 Å². The van der Waals surface area contributed by atoms with E-state index < -0.39 is 5.60 Å². The first-order valence-electron chi connectivity index (χ1n) is 6.26. The van der Waals surface area contributed by atoms with Gasteiger partial charge in [-0.1, -0.05) is 34.1 Å². The molecule has 0 fully saturated rings. The molecule has 1 unspecified atom stereocenters. The van der Waals surface area contributed by atoms with Crippen molar-refractivity contribution in [2.75, 3.05) is 0 Å². The van der Waals surface area contributed by atoms with Gasteiger partial charge < -0.3 is 5.11 Å². The van der Waals surface area contributed by atoms with Crippen LogP contribution >= 0.6 is 15.9 Å². The summed E-state index contributed by atoms with van der Waals surface area (Å²) in [5.74, 6) is -0.704. The van der Waals surface area contributed by atoms with E-state index in [-0.39, 0.29) is 24.5 Å². The molecule has 0 aliphatic heterocycles. The normalized spacial score (nSPS) is 14.1. The van der Waals surface area contributed by atoms with Crippen molar-refractivity contribution >= 4 is 15.9 Å². The zero-order valence-corrected chi connectivity index (χ0v) is 12.6. The molecule has 0 aliphatic carbocycles. The molecule has 2 aromatic rings. The van der Waals surface area contributed by atoms with E-state index in [0.717, 1.165) is 0 Å². The first-order chi connectivity index (χ1) is 9.35. The number of aliphatic hydroxyl groups is 1. The minimum Gasteiger partial charge on any atom is -0.389 e. The third-order valence-corrected chi connectivity index (χ3v) is 3.49. The van der Waals surface area contributed by atoms with Gasteiger partial charge in [0.1, 0.15) is 11.6 Å². The van der Waals surface area contributed by atoms with Gasteiger partial charge in [0.05, 0.1) is 5.60 Å². The van der Waals surface area contributed by atoms with Gasteiger partial charge >= 0.3 is 0 Å². The Balaban J connectivity index is 2.16. The molecule has 0 saturated heterocycles. The molecule has 0 aromatic heterocycles. The fourth-order valence-corrected chi connectivity index (χ4v) is 2.78. The Morgan fingerprint density at radius 1 is 1.10 bits per heavy atom. The van der Waals surface area contributed by atoms with E-state index in [4.69, 9.17) is 0 Å². The van der Waals surface area contributed by atoms with Gasteiger partial charge in [0.15, 0.2) is 0 Å². The van der Waals surface area contributed by atoms with E-state index in [2.05, 4.69) is 15.9 Å². The molecule has 1 atom stereocenters. The highest BCUT2D eigenvalue weighted by Crippen LogP contribution is 2.23. The summed E-state index contributed by atoms with van der Waals surface area (Å²) in [6.45, 7) is 1.62. The van der Waals surface area contributed by atoms with Crippen molar-refractivity contribution in [1.82, 2.24) is 0 Å². The quantitative estimate of drug-likeness (QED) is 0.881. The maximum atomic E-state index is 13.6. The highest BCUT2D eigenvalue weighted by atomic mass is 79.9. The number of hydrogen-bond acceptors (Lipinski definition) is 1. The Hall–Kier alpha value is -1.26. The lowest BCUT2D eigenvalue weighted by atomic mass is 9.89. The highest BCUT2D eigenvalue weighted by Gasteiger charge is 2.23. The monoisotopic (exact) mass is 340 g/mol. The molecular weight excluding hydrogens is 326 g/mol. The van der Waals surface area contributed by atoms with Gasteiger partial charge in [-0.15, -0.1) is 0 Å². The average Bonchev–Trinajstić information content (AvgIpc) is 2.29. The number of rotatable bonds is 4. The van der Waals surface area contributed by atoms with Crippen LogP contribution in [0.1, 0.15) is 18.1 Å². The molecule has 2 aromatic carbocycles. The van der Waals surface area contributed by atoms with Crippen LogP contribution in [0.2, 0.25) is 0 Å². The third kappa shape index (κ3) is 4.12. The van der Waals surface area contributed by atoms with Crippen LogP contribution in [0.25, 0.3) is 0 Å². The summed E-state index contributed by atoms with van der Waals surface area (Å²) in [4.78, 5) is 0. The summed E-state index contributed by atoms with van der Waals surface area (Å²) in [6.07, 6.45) is 0.422. The van der Waals surface area contributed by atoms with Gasteiger partial charge in [0.25, 0.3) is 0 Å². The molecule has 0 spiro atoms. The van der Waals surface area contributed by atoms with E-state index in [1.807, 2.05) is 0 Å². The molecule has 1 nitrogen and oxygen atoms in total. The molecule has 106 valence electrons. The fourth-order valence-electron chi connectivity index (χ4n) is 2.27. The van der Waals surface area contributed by atoms with Crippen LogP contribution in [0, 0.1) is 11.6 Å². The summed E-state index contributed by atoms with van der Waals surface area (Å²) in [6, 6.07) is 10.8. The second-order valence-corrected chi connectivity index (χ2v) is 6.14. The van der Waals surface area contributed by atoms with Crippen molar-refractivity contribution in [3.63, 3.8) is 0 Å². The second-order valence-electron chi connectivity index (χ2n) is 5.22. The smallest absolute Gasteiger partial charge is 0.126 e. The fraction of sp³-hybridized carbons (Fsp3) is 0.250. The Morgan fingerprint density at radius 3 is 2.45 bits per heavy atom. The van der Waals surface area contributed by atoms with E-state index in [0.29, 0.717) is 15.6 Å². The number of hydrogen-bond donors (Lipinski definition) is 1. The van der Waals surface area contributed by atoms with Gasteiger partial charge in [-0.05, 0) is 42.3 Å². The minimum atomic E-state index is -1.14. The zero-order valence-electron chi connectivity index (χ0n) is 11.0. The predicted molar refractivity (Wildman–Crippen MR) is 78.5 cm³/mol. The summed E-state index contributed by atoms with van der Waals surface area (Å²) in [7, 11) is 0. The molecule has 0 radical (unpaired) electrons. The largest absolute Gasteiger partial charge is 0.389 e. The topological polar surface area (TPSA) is 20.2 Å². The van der Waals surface area contributed by atoms with Gasteiger partial charge in [-0.2, -0.15) is 0 Å². The zero-order chi connectivity index (χ0) is 14.8. The van der Waals surface area contributed by atoms with Gasteiger partial charge in [-0.3, -0.25) is 0 Å². The van der Waals surface area contributed by atoms with E-state index >= 15 is 0 Å². The average molecular weight is 341 g/mol. The summed E-state index contributed by atoms with van der Waals surface area (Å²) in [5.41, 5.74) is -0.0266. The molecule has 4 heteroatoms. The van der Waals surface area contributed by atoms with Crippen molar-refractivity contribution in [2.24, 2.45) is 0 Å². The Labute approximate surface area is 125 Å². The van der Waals surface area contributed by atoms with Crippen molar-refractivity contribution in [3.05, 3.63) is 69.7 Å². The molecule has 0 bridgehead atoms. The molecule has 0 heterocycles. The Bertz CT molecular complexity index is 591. The van der Waals surface area contributed by atoms with Crippen LogP contribution in [0.3, 0.4) is 0 Å². The molecule has 0 amide bonds. The third-order valence-electron chi connectivity index (χ3n) is 3.04. The SMILES string of the molecule is CC(O)(Cc1cc(F)cc(Br)c1)Cc1ccccc1F. The minimum absolute atomic E-state index is 0.174. The van der Waals surface area contributed by atoms with E-state index in [9.17, 15) is 13.9 Å². The number of benzene rings is 2. The molecule has 0 aliphatic rings. The second kappa shape index (κ2) is 6.02. The van der Waals surface area contributed by atoms with Crippen molar-refractivity contribution in [1.29, 1.82) is 0 Å². The lowest BCUT2D eigenvalue weighted by Crippen LogP contribution is -2.30. The molecule has 1 N–H and O–H groups in total. The van der Waals surface area contributed by atoms with E-state index in [1.54, 1.807) is 31.2 Å². The first kappa shape index (κ1) is 15.1. The summed E-state index contributed by atoms with van der Waals surface area (Å²) >= 11 is 3.22. The van der Waals surface area contributed by atoms with Crippen LogP contribution in [0.5, 0.6) is 0 Å². The standard InChI is InChI=1S/C16H15BrF2O/c1-16(20,10-12-4-2-3-5-15(12)19)9-11-6-13(17)8-14(18)7-11/h2-8,20H,9-10H2,1H3. The maximum absolute atomic E-state index is 13.6. The van der Waals surface area contributed by atoms with E-state index in [1.165, 1.54) is 18.2 Å². The van der Waals surface area contributed by atoms with Gasteiger partial charge in [0.2, 0.25) is 0 Å². The van der Waals surface area contributed by atoms with Gasteiger partial charge in [-0.25, -0.2) is 8.78 Å².